The third kappa shape index (κ3) is 3.17. The van der Waals surface area contributed by atoms with Crippen LogP contribution in [0.4, 0.5) is 0 Å². The van der Waals surface area contributed by atoms with Crippen molar-refractivity contribution >= 4 is 18.5 Å². The fourth-order valence-corrected chi connectivity index (χ4v) is 1.86. The van der Waals surface area contributed by atoms with Crippen LogP contribution in [0, 0.1) is 0 Å². The van der Waals surface area contributed by atoms with Gasteiger partial charge in [0.1, 0.15) is 0 Å². The number of hydrogen-bond donors (Lipinski definition) is 1. The Balaban J connectivity index is 2.28. The van der Waals surface area contributed by atoms with E-state index in [1.165, 1.54) is 0 Å². The average molecular weight is 216 g/mol. The molecule has 0 aromatic carbocycles. The van der Waals surface area contributed by atoms with E-state index in [1.54, 1.807) is 0 Å². The fraction of sp³-hybridized carbons (Fsp3) is 0.900. The lowest BCUT2D eigenvalue weighted by molar-refractivity contribution is -0.127. The molecular formula is C10H20N2OS. The first-order chi connectivity index (χ1) is 6.50. The summed E-state index contributed by atoms with van der Waals surface area (Å²) in [5.74, 6) is 0.252. The number of hydrogen-bond acceptors (Lipinski definition) is 3. The Morgan fingerprint density at radius 2 is 2.29 bits per heavy atom. The third-order valence-electron chi connectivity index (χ3n) is 2.80. The molecular weight excluding hydrogens is 196 g/mol. The molecule has 0 aliphatic carbocycles. The summed E-state index contributed by atoms with van der Waals surface area (Å²) in [7, 11) is 2.09. The molecule has 0 aromatic heterocycles. The zero-order valence-electron chi connectivity index (χ0n) is 9.23. The normalized spacial score (nSPS) is 22.9. The SMILES string of the molecule is CC(C)N(C)CCN1CC(S)CC1=O. The number of thiol groups is 1. The van der Waals surface area contributed by atoms with Crippen LogP contribution >= 0.6 is 12.6 Å². The molecule has 1 rings (SSSR count). The maximum absolute atomic E-state index is 11.4. The van der Waals surface area contributed by atoms with E-state index in [-0.39, 0.29) is 11.2 Å². The lowest BCUT2D eigenvalue weighted by atomic mass is 10.3. The highest BCUT2D eigenvalue weighted by Gasteiger charge is 2.26. The van der Waals surface area contributed by atoms with E-state index in [4.69, 9.17) is 0 Å². The predicted molar refractivity (Wildman–Crippen MR) is 61.7 cm³/mol. The van der Waals surface area contributed by atoms with Crippen molar-refractivity contribution in [3.63, 3.8) is 0 Å². The van der Waals surface area contributed by atoms with Gasteiger partial charge in [0.05, 0.1) is 0 Å². The van der Waals surface area contributed by atoms with Crippen molar-refractivity contribution in [2.45, 2.75) is 31.6 Å². The van der Waals surface area contributed by atoms with Crippen LogP contribution in [0.25, 0.3) is 0 Å². The highest BCUT2D eigenvalue weighted by molar-refractivity contribution is 7.81. The molecule has 0 spiro atoms. The molecule has 1 unspecified atom stereocenters. The summed E-state index contributed by atoms with van der Waals surface area (Å²) in [5.41, 5.74) is 0. The summed E-state index contributed by atoms with van der Waals surface area (Å²) in [6.07, 6.45) is 0.606. The lowest BCUT2D eigenvalue weighted by Gasteiger charge is -2.24. The highest BCUT2D eigenvalue weighted by Crippen LogP contribution is 2.15. The van der Waals surface area contributed by atoms with Gasteiger partial charge >= 0.3 is 0 Å². The fourth-order valence-electron chi connectivity index (χ4n) is 1.50. The summed E-state index contributed by atoms with van der Waals surface area (Å²) in [6, 6.07) is 0.541. The van der Waals surface area contributed by atoms with E-state index in [1.807, 2.05) is 4.90 Å². The van der Waals surface area contributed by atoms with E-state index < -0.39 is 0 Å². The van der Waals surface area contributed by atoms with Crippen molar-refractivity contribution in [2.75, 3.05) is 26.7 Å². The van der Waals surface area contributed by atoms with Crippen molar-refractivity contribution in [2.24, 2.45) is 0 Å². The average Bonchev–Trinajstić information content (AvgIpc) is 2.40. The van der Waals surface area contributed by atoms with E-state index in [0.717, 1.165) is 19.6 Å². The first-order valence-electron chi connectivity index (χ1n) is 5.16. The van der Waals surface area contributed by atoms with Crippen LogP contribution in [-0.2, 0) is 4.79 Å². The van der Waals surface area contributed by atoms with Gasteiger partial charge in [-0.2, -0.15) is 12.6 Å². The molecule has 1 amide bonds. The molecule has 0 N–H and O–H groups in total. The van der Waals surface area contributed by atoms with Gasteiger partial charge in [-0.15, -0.1) is 0 Å². The predicted octanol–water partition coefficient (Wildman–Crippen LogP) is 0.857. The number of carbonyl (C=O) groups is 1. The largest absolute Gasteiger partial charge is 0.340 e. The van der Waals surface area contributed by atoms with Crippen molar-refractivity contribution in [3.05, 3.63) is 0 Å². The summed E-state index contributed by atoms with van der Waals surface area (Å²) < 4.78 is 0. The van der Waals surface area contributed by atoms with Crippen molar-refractivity contribution < 1.29 is 4.79 Å². The number of amides is 1. The Hall–Kier alpha value is -0.220. The van der Waals surface area contributed by atoms with Gasteiger partial charge < -0.3 is 9.80 Å². The van der Waals surface area contributed by atoms with Gasteiger partial charge in [0.15, 0.2) is 0 Å². The first kappa shape index (κ1) is 11.9. The molecule has 1 aliphatic heterocycles. The molecule has 1 atom stereocenters. The highest BCUT2D eigenvalue weighted by atomic mass is 32.1. The smallest absolute Gasteiger partial charge is 0.223 e. The van der Waals surface area contributed by atoms with E-state index >= 15 is 0 Å². The minimum absolute atomic E-state index is 0.242. The van der Waals surface area contributed by atoms with Crippen molar-refractivity contribution in [1.82, 2.24) is 9.80 Å². The molecule has 4 heteroatoms. The molecule has 82 valence electrons. The molecule has 3 nitrogen and oxygen atoms in total. The molecule has 0 aromatic rings. The lowest BCUT2D eigenvalue weighted by Crippen LogP contribution is -2.37. The van der Waals surface area contributed by atoms with Gasteiger partial charge in [-0.05, 0) is 20.9 Å². The Morgan fingerprint density at radius 1 is 1.64 bits per heavy atom. The summed E-state index contributed by atoms with van der Waals surface area (Å²) in [6.45, 7) is 6.92. The van der Waals surface area contributed by atoms with Crippen LogP contribution in [0.3, 0.4) is 0 Å². The Bertz CT molecular complexity index is 208. The maximum Gasteiger partial charge on any atom is 0.223 e. The van der Waals surface area contributed by atoms with Gasteiger partial charge in [-0.1, -0.05) is 0 Å². The second kappa shape index (κ2) is 5.03. The number of nitrogens with zero attached hydrogens (tertiary/aromatic N) is 2. The molecule has 0 saturated carbocycles. The topological polar surface area (TPSA) is 23.6 Å². The molecule has 1 fully saturated rings. The molecule has 1 aliphatic rings. The van der Waals surface area contributed by atoms with Gasteiger partial charge in [0.2, 0.25) is 5.91 Å². The van der Waals surface area contributed by atoms with Crippen LogP contribution in [0.2, 0.25) is 0 Å². The van der Waals surface area contributed by atoms with Gasteiger partial charge in [-0.25, -0.2) is 0 Å². The molecule has 0 radical (unpaired) electrons. The first-order valence-corrected chi connectivity index (χ1v) is 5.68. The summed E-state index contributed by atoms with van der Waals surface area (Å²) >= 11 is 4.32. The van der Waals surface area contributed by atoms with Crippen LogP contribution < -0.4 is 0 Å². The molecule has 1 saturated heterocycles. The van der Waals surface area contributed by atoms with E-state index in [9.17, 15) is 4.79 Å². The zero-order valence-corrected chi connectivity index (χ0v) is 10.1. The summed E-state index contributed by atoms with van der Waals surface area (Å²) in [4.78, 5) is 15.6. The van der Waals surface area contributed by atoms with Gasteiger partial charge in [-0.3, -0.25) is 4.79 Å². The standard InChI is InChI=1S/C10H20N2OS/c1-8(2)11(3)4-5-12-7-9(14)6-10(12)13/h8-9,14H,4-7H2,1-3H3. The zero-order chi connectivity index (χ0) is 10.7. The number of likely N-dealkylation sites (N-methyl/N-ethyl adjacent to an activating group) is 1. The Kier molecular flexibility index (Phi) is 4.26. The maximum atomic E-state index is 11.4. The van der Waals surface area contributed by atoms with Crippen LogP contribution in [0.15, 0.2) is 0 Å². The van der Waals surface area contributed by atoms with Crippen molar-refractivity contribution in [1.29, 1.82) is 0 Å². The second-order valence-electron chi connectivity index (χ2n) is 4.27. The molecule has 1 heterocycles. The van der Waals surface area contributed by atoms with Gasteiger partial charge in [0.25, 0.3) is 0 Å². The van der Waals surface area contributed by atoms with Crippen LogP contribution in [-0.4, -0.2) is 53.7 Å². The Labute approximate surface area is 91.9 Å². The second-order valence-corrected chi connectivity index (χ2v) is 5.00. The van der Waals surface area contributed by atoms with Crippen molar-refractivity contribution in [3.8, 4) is 0 Å². The number of rotatable bonds is 4. The minimum atomic E-state index is 0.242. The van der Waals surface area contributed by atoms with E-state index in [2.05, 4.69) is 38.4 Å². The van der Waals surface area contributed by atoms with Gasteiger partial charge in [0, 0.05) is 37.3 Å². The molecule has 0 bridgehead atoms. The molecule has 14 heavy (non-hydrogen) atoms. The number of carbonyl (C=O) groups excluding carboxylic acids is 1. The summed E-state index contributed by atoms with van der Waals surface area (Å²) in [5, 5.41) is 0.242. The minimum Gasteiger partial charge on any atom is -0.340 e. The van der Waals surface area contributed by atoms with Crippen LogP contribution in [0.5, 0.6) is 0 Å². The Morgan fingerprint density at radius 3 is 2.71 bits per heavy atom. The third-order valence-corrected chi connectivity index (χ3v) is 3.14. The van der Waals surface area contributed by atoms with E-state index in [0.29, 0.717) is 12.5 Å². The number of likely N-dealkylation sites (tertiary alicyclic amines) is 1. The quantitative estimate of drug-likeness (QED) is 0.705. The monoisotopic (exact) mass is 216 g/mol. The van der Waals surface area contributed by atoms with Crippen LogP contribution in [0.1, 0.15) is 20.3 Å².